The van der Waals surface area contributed by atoms with E-state index in [0.717, 1.165) is 48.5 Å². The van der Waals surface area contributed by atoms with E-state index in [2.05, 4.69) is 0 Å². The van der Waals surface area contributed by atoms with Crippen LogP contribution in [-0.2, 0) is 20.0 Å². The molecule has 0 aliphatic heterocycles. The average molecular weight is 333 g/mol. The third-order valence-corrected chi connectivity index (χ3v) is 6.01. The standard InChI is InChI=1S/C12H9F2NO4S2/c13-9-1-5-11(6-2-9)20(16,17)15-21(18,19)12-7-3-10(14)4-8-12/h1-8,15H. The molecule has 2 aromatic rings. The number of hydrogen-bond donors (Lipinski definition) is 1. The van der Waals surface area contributed by atoms with E-state index in [-0.39, 0.29) is 0 Å². The summed E-state index contributed by atoms with van der Waals surface area (Å²) in [4.78, 5) is -0.816. The Morgan fingerprint density at radius 1 is 0.619 bits per heavy atom. The molecule has 0 atom stereocenters. The van der Waals surface area contributed by atoms with Gasteiger partial charge in [0.1, 0.15) is 11.6 Å². The summed E-state index contributed by atoms with van der Waals surface area (Å²) in [6.07, 6.45) is 0. The van der Waals surface area contributed by atoms with E-state index >= 15 is 0 Å². The summed E-state index contributed by atoms with van der Waals surface area (Å²) in [7, 11) is -8.78. The molecule has 0 heterocycles. The fourth-order valence-corrected chi connectivity index (χ4v) is 4.38. The Morgan fingerprint density at radius 2 is 0.905 bits per heavy atom. The zero-order valence-electron chi connectivity index (χ0n) is 10.3. The quantitative estimate of drug-likeness (QED) is 0.922. The third-order valence-electron chi connectivity index (χ3n) is 2.47. The first-order valence-corrected chi connectivity index (χ1v) is 8.47. The van der Waals surface area contributed by atoms with E-state index in [1.165, 1.54) is 4.13 Å². The summed E-state index contributed by atoms with van der Waals surface area (Å²) >= 11 is 0. The van der Waals surface area contributed by atoms with Crippen LogP contribution in [0.1, 0.15) is 0 Å². The lowest BCUT2D eigenvalue weighted by Crippen LogP contribution is -2.30. The molecular weight excluding hydrogens is 324 g/mol. The number of hydrogen-bond acceptors (Lipinski definition) is 4. The molecule has 0 saturated heterocycles. The van der Waals surface area contributed by atoms with Crippen molar-refractivity contribution in [3.8, 4) is 0 Å². The summed E-state index contributed by atoms with van der Waals surface area (Å²) in [6, 6.07) is 7.27. The van der Waals surface area contributed by atoms with E-state index in [9.17, 15) is 25.6 Å². The Morgan fingerprint density at radius 3 is 1.19 bits per heavy atom. The highest BCUT2D eigenvalue weighted by atomic mass is 32.3. The number of sulfonamides is 2. The number of nitrogens with one attached hydrogen (secondary N) is 1. The maximum Gasteiger partial charge on any atom is 0.253 e. The highest BCUT2D eigenvalue weighted by Gasteiger charge is 2.24. The summed E-state index contributed by atoms with van der Waals surface area (Å²) in [6.45, 7) is 0. The second kappa shape index (κ2) is 5.51. The molecule has 1 N–H and O–H groups in total. The lowest BCUT2D eigenvalue weighted by atomic mass is 10.4. The first-order valence-electron chi connectivity index (χ1n) is 5.50. The second-order valence-corrected chi connectivity index (χ2v) is 7.62. The van der Waals surface area contributed by atoms with Crippen LogP contribution in [0.3, 0.4) is 0 Å². The van der Waals surface area contributed by atoms with Gasteiger partial charge < -0.3 is 0 Å². The molecule has 0 spiro atoms. The molecular formula is C12H9F2NO4S2. The molecule has 2 rings (SSSR count). The molecule has 0 aliphatic rings. The van der Waals surface area contributed by atoms with Crippen molar-refractivity contribution in [3.63, 3.8) is 0 Å². The van der Waals surface area contributed by atoms with Gasteiger partial charge in [0.2, 0.25) is 0 Å². The zero-order chi connectivity index (χ0) is 15.7. The predicted octanol–water partition coefficient (Wildman–Crippen LogP) is 1.63. The van der Waals surface area contributed by atoms with Crippen LogP contribution in [-0.4, -0.2) is 16.8 Å². The molecule has 9 heteroatoms. The van der Waals surface area contributed by atoms with Crippen LogP contribution in [0.5, 0.6) is 0 Å². The van der Waals surface area contributed by atoms with Crippen molar-refractivity contribution in [1.29, 1.82) is 0 Å². The maximum atomic E-state index is 12.7. The van der Waals surface area contributed by atoms with Crippen molar-refractivity contribution in [2.45, 2.75) is 9.79 Å². The number of halogens is 2. The molecule has 0 amide bonds. The van der Waals surface area contributed by atoms with Gasteiger partial charge in [-0.3, -0.25) is 0 Å². The van der Waals surface area contributed by atoms with Crippen LogP contribution in [0.2, 0.25) is 0 Å². The van der Waals surface area contributed by atoms with Crippen LogP contribution >= 0.6 is 0 Å². The lowest BCUT2D eigenvalue weighted by Gasteiger charge is -2.08. The normalized spacial score (nSPS) is 12.3. The fraction of sp³-hybridized carbons (Fsp3) is 0. The Labute approximate surface area is 120 Å². The monoisotopic (exact) mass is 333 g/mol. The number of rotatable bonds is 4. The molecule has 0 fully saturated rings. The van der Waals surface area contributed by atoms with Crippen LogP contribution in [0.4, 0.5) is 8.78 Å². The Bertz CT molecular complexity index is 772. The van der Waals surface area contributed by atoms with Crippen molar-refractivity contribution in [3.05, 3.63) is 60.2 Å². The Kier molecular flexibility index (Phi) is 4.08. The Balaban J connectivity index is 2.35. The largest absolute Gasteiger partial charge is 0.253 e. The maximum absolute atomic E-state index is 12.7. The fourth-order valence-electron chi connectivity index (χ4n) is 1.47. The summed E-state index contributed by atoms with van der Waals surface area (Å²) in [5, 5.41) is 0. The van der Waals surface area contributed by atoms with Crippen molar-refractivity contribution < 1.29 is 25.6 Å². The third kappa shape index (κ3) is 3.63. The van der Waals surface area contributed by atoms with Crippen LogP contribution in [0.15, 0.2) is 58.3 Å². The topological polar surface area (TPSA) is 80.3 Å². The SMILES string of the molecule is O=S(=O)(NS(=O)(=O)c1ccc(F)cc1)c1ccc(F)cc1. The minimum absolute atomic E-state index is 0.408. The van der Waals surface area contributed by atoms with E-state index in [4.69, 9.17) is 0 Å². The minimum atomic E-state index is -4.39. The van der Waals surface area contributed by atoms with Crippen molar-refractivity contribution in [1.82, 2.24) is 4.13 Å². The van der Waals surface area contributed by atoms with E-state index in [1.54, 1.807) is 0 Å². The van der Waals surface area contributed by atoms with Gasteiger partial charge in [-0.2, -0.15) is 0 Å². The van der Waals surface area contributed by atoms with Gasteiger partial charge in [0.25, 0.3) is 20.0 Å². The predicted molar refractivity (Wildman–Crippen MR) is 70.3 cm³/mol. The molecule has 0 aliphatic carbocycles. The molecule has 0 radical (unpaired) electrons. The first kappa shape index (κ1) is 15.5. The summed E-state index contributed by atoms with van der Waals surface area (Å²) in [5.41, 5.74) is 0. The van der Waals surface area contributed by atoms with Crippen LogP contribution in [0, 0.1) is 11.6 Å². The molecule has 0 bridgehead atoms. The molecule has 112 valence electrons. The van der Waals surface area contributed by atoms with E-state index in [0.29, 0.717) is 0 Å². The average Bonchev–Trinajstić information content (AvgIpc) is 2.38. The summed E-state index contributed by atoms with van der Waals surface area (Å²) in [5.74, 6) is -1.31. The Hall–Kier alpha value is -1.84. The number of benzene rings is 2. The minimum Gasteiger partial charge on any atom is -0.207 e. The molecule has 5 nitrogen and oxygen atoms in total. The van der Waals surface area contributed by atoms with Gasteiger partial charge in [0.05, 0.1) is 9.79 Å². The molecule has 0 unspecified atom stereocenters. The van der Waals surface area contributed by atoms with Crippen molar-refractivity contribution in [2.75, 3.05) is 0 Å². The molecule has 21 heavy (non-hydrogen) atoms. The van der Waals surface area contributed by atoms with E-state index < -0.39 is 41.5 Å². The second-order valence-electron chi connectivity index (χ2n) is 4.00. The van der Waals surface area contributed by atoms with E-state index in [1.807, 2.05) is 0 Å². The van der Waals surface area contributed by atoms with Gasteiger partial charge in [0, 0.05) is 0 Å². The molecule has 0 aromatic heterocycles. The molecule has 2 aromatic carbocycles. The van der Waals surface area contributed by atoms with Gasteiger partial charge in [-0.25, -0.2) is 25.6 Å². The highest BCUT2D eigenvalue weighted by Crippen LogP contribution is 2.15. The van der Waals surface area contributed by atoms with Gasteiger partial charge in [-0.05, 0) is 48.5 Å². The van der Waals surface area contributed by atoms with Gasteiger partial charge >= 0.3 is 0 Å². The first-order chi connectivity index (χ1) is 9.71. The van der Waals surface area contributed by atoms with Gasteiger partial charge in [-0.15, -0.1) is 4.13 Å². The van der Waals surface area contributed by atoms with Crippen LogP contribution < -0.4 is 4.13 Å². The smallest absolute Gasteiger partial charge is 0.207 e. The summed E-state index contributed by atoms with van der Waals surface area (Å²) < 4.78 is 74.6. The van der Waals surface area contributed by atoms with Gasteiger partial charge in [-0.1, -0.05) is 0 Å². The van der Waals surface area contributed by atoms with Crippen molar-refractivity contribution >= 4 is 20.0 Å². The molecule has 0 saturated carbocycles. The van der Waals surface area contributed by atoms with Gasteiger partial charge in [0.15, 0.2) is 0 Å². The lowest BCUT2D eigenvalue weighted by molar-refractivity contribution is 0.576. The highest BCUT2D eigenvalue weighted by molar-refractivity contribution is 8.04. The van der Waals surface area contributed by atoms with Crippen molar-refractivity contribution in [2.24, 2.45) is 0 Å². The zero-order valence-corrected chi connectivity index (χ0v) is 12.0. The van der Waals surface area contributed by atoms with Crippen LogP contribution in [0.25, 0.3) is 0 Å².